The number of carboxylic acid groups (broad SMARTS) is 1. The summed E-state index contributed by atoms with van der Waals surface area (Å²) in [6.07, 6.45) is 11.2. The molecule has 81 heavy (non-hydrogen) atoms. The Morgan fingerprint density at radius 3 is 1.72 bits per heavy atom. The molecule has 0 atom stereocenters. The third kappa shape index (κ3) is 12.8. The van der Waals surface area contributed by atoms with E-state index >= 15 is 0 Å². The van der Waals surface area contributed by atoms with Gasteiger partial charge in [0.15, 0.2) is 5.69 Å². The number of anilines is 3. The van der Waals surface area contributed by atoms with Crippen LogP contribution >= 0.6 is 11.3 Å². The molecule has 7 N–H and O–H groups in total. The summed E-state index contributed by atoms with van der Waals surface area (Å²) in [5.74, 6) is -1.24. The third-order valence-electron chi connectivity index (χ3n) is 13.0. The second-order valence-electron chi connectivity index (χ2n) is 18.2. The minimum atomic E-state index is -0.999. The van der Waals surface area contributed by atoms with Crippen LogP contribution in [-0.4, -0.2) is 87.8 Å². The Morgan fingerprint density at radius 1 is 0.593 bits per heavy atom. The Balaban J connectivity index is 0.000000170. The van der Waals surface area contributed by atoms with Crippen LogP contribution in [0.2, 0.25) is 0 Å². The van der Waals surface area contributed by atoms with Gasteiger partial charge < -0.3 is 41.2 Å². The highest BCUT2D eigenvalue weighted by Gasteiger charge is 2.24. The molecule has 11 rings (SSSR count). The van der Waals surface area contributed by atoms with Crippen LogP contribution in [0, 0.1) is 0 Å². The molecule has 20 heteroatoms. The van der Waals surface area contributed by atoms with Gasteiger partial charge in [0.1, 0.15) is 10.8 Å². The van der Waals surface area contributed by atoms with E-state index in [0.717, 1.165) is 33.3 Å². The van der Waals surface area contributed by atoms with E-state index in [2.05, 4.69) is 29.5 Å². The summed E-state index contributed by atoms with van der Waals surface area (Å²) in [6, 6.07) is 46.3. The number of primary amides is 2. The molecule has 11 aromatic rings. The molecule has 19 nitrogen and oxygen atoms in total. The molecule has 0 spiro atoms. The number of nitrogens with two attached hydrogens (primary N) is 3. The van der Waals surface area contributed by atoms with E-state index in [1.807, 2.05) is 109 Å². The number of carbonyl (C=O) groups excluding carboxylic acids is 4. The Bertz CT molecular complexity index is 4030. The molecule has 6 aromatic heterocycles. The van der Waals surface area contributed by atoms with Crippen molar-refractivity contribution in [3.05, 3.63) is 222 Å². The molecule has 0 bridgehead atoms. The molecular formula is C61H53N13O6S. The Kier molecular flexibility index (Phi) is 17.1. The molecule has 0 saturated carbocycles. The van der Waals surface area contributed by atoms with E-state index in [-0.39, 0.29) is 23.9 Å². The van der Waals surface area contributed by atoms with Crippen molar-refractivity contribution >= 4 is 80.3 Å². The van der Waals surface area contributed by atoms with Gasteiger partial charge in [-0.25, -0.2) is 19.7 Å². The summed E-state index contributed by atoms with van der Waals surface area (Å²) in [6.45, 7) is 0.953. The van der Waals surface area contributed by atoms with Crippen LogP contribution < -0.4 is 27.0 Å². The number of fused-ring (bicyclic) bond motifs is 2. The highest BCUT2D eigenvalue weighted by molar-refractivity contribution is 7.13. The maximum absolute atomic E-state index is 13.2. The van der Waals surface area contributed by atoms with Crippen LogP contribution in [0.5, 0.6) is 0 Å². The number of thiazole rings is 1. The third-order valence-corrected chi connectivity index (χ3v) is 13.9. The summed E-state index contributed by atoms with van der Waals surface area (Å²) in [7, 11) is 3.46. The summed E-state index contributed by atoms with van der Waals surface area (Å²) < 4.78 is 3.85. The van der Waals surface area contributed by atoms with Crippen molar-refractivity contribution in [3.63, 3.8) is 0 Å². The SMILES string of the molecule is CN(C(=O)c1ccccc1)c1ccc2c(c1)nc(-c1c(C(N)=O)cccc1-c1ccncc1)n2CCc1cccnc1.CN(C(=O)c1ccccc1)c1ccc2c(c1)nc(N)n2CCC(N)=O.O=C(O)c1csc(-c2ccncc2)n1. The van der Waals surface area contributed by atoms with E-state index in [1.54, 1.807) is 108 Å². The Labute approximate surface area is 468 Å². The number of imidazole rings is 2. The molecule has 404 valence electrons. The van der Waals surface area contributed by atoms with Crippen molar-refractivity contribution < 1.29 is 29.1 Å². The molecule has 6 heterocycles. The van der Waals surface area contributed by atoms with Crippen molar-refractivity contribution in [1.29, 1.82) is 0 Å². The average molecular weight is 1100 g/mol. The first-order valence-electron chi connectivity index (χ1n) is 25.3. The van der Waals surface area contributed by atoms with Gasteiger partial charge in [-0.05, 0) is 120 Å². The highest BCUT2D eigenvalue weighted by Crippen LogP contribution is 2.37. The monoisotopic (exact) mass is 1100 g/mol. The highest BCUT2D eigenvalue weighted by atomic mass is 32.1. The van der Waals surface area contributed by atoms with Crippen molar-refractivity contribution in [3.8, 4) is 33.1 Å². The van der Waals surface area contributed by atoms with Gasteiger partial charge in [-0.15, -0.1) is 11.3 Å². The fourth-order valence-electron chi connectivity index (χ4n) is 8.89. The first-order chi connectivity index (χ1) is 39.2. The molecule has 4 amide bonds. The zero-order chi connectivity index (χ0) is 57.0. The van der Waals surface area contributed by atoms with Crippen LogP contribution in [0.25, 0.3) is 55.2 Å². The van der Waals surface area contributed by atoms with Gasteiger partial charge in [0.25, 0.3) is 11.8 Å². The molecule has 0 aliphatic rings. The second kappa shape index (κ2) is 25.2. The zero-order valence-corrected chi connectivity index (χ0v) is 44.7. The number of nitrogens with zero attached hydrogens (tertiary/aromatic N) is 10. The lowest BCUT2D eigenvalue weighted by Crippen LogP contribution is -2.26. The summed E-state index contributed by atoms with van der Waals surface area (Å²) in [4.78, 5) is 88.9. The number of aryl methyl sites for hydroxylation is 3. The number of benzene rings is 5. The van der Waals surface area contributed by atoms with E-state index in [1.165, 1.54) is 16.7 Å². The molecule has 5 aromatic carbocycles. The number of aromatic carboxylic acids is 1. The quantitative estimate of drug-likeness (QED) is 0.0745. The smallest absolute Gasteiger partial charge is 0.355 e. The van der Waals surface area contributed by atoms with Crippen LogP contribution in [0.4, 0.5) is 17.3 Å². The molecule has 0 fully saturated rings. The number of hydrogen-bond donors (Lipinski definition) is 4. The fraction of sp³-hybridized carbons (Fsp3) is 0.0984. The van der Waals surface area contributed by atoms with Gasteiger partial charge in [0, 0.05) is 110 Å². The van der Waals surface area contributed by atoms with Crippen molar-refractivity contribution in [2.75, 3.05) is 29.6 Å². The maximum atomic E-state index is 13.2. The number of carboxylic acids is 1. The standard InChI is InChI=1S/C34H28N6O2.C18H19N5O2.C9H6N2O2S/c1-39(34(42)25-8-3-2-4-9-25)26-12-13-30-29(21-26)38-33(40(30)20-16-23-7-6-17-37-22-23)31-27(24-14-18-36-19-15-24)10-5-11-28(31)32(35)41;1-22(17(25)12-5-3-2-4-6-12)13-7-8-15-14(11-13)21-18(20)23(15)10-9-16(19)24;12-9(13)7-5-14-8(11-7)6-1-3-10-4-2-6/h2-15,17-19,21-22H,16,20H2,1H3,(H2,35,41);2-8,11H,9-10H2,1H3,(H2,19,24)(H2,20,21);1-5H,(H,12,13). The molecule has 0 aliphatic heterocycles. The van der Waals surface area contributed by atoms with Gasteiger partial charge in [0.05, 0.1) is 27.6 Å². The van der Waals surface area contributed by atoms with Gasteiger partial charge in [-0.3, -0.25) is 34.1 Å². The average Bonchev–Trinajstić information content (AvgIpc) is 4.34. The number of aromatic nitrogens is 8. The van der Waals surface area contributed by atoms with Gasteiger partial charge in [0.2, 0.25) is 17.8 Å². The zero-order valence-electron chi connectivity index (χ0n) is 43.9. The Morgan fingerprint density at radius 2 is 1.17 bits per heavy atom. The lowest BCUT2D eigenvalue weighted by molar-refractivity contribution is -0.118. The molecule has 0 aliphatic carbocycles. The van der Waals surface area contributed by atoms with Gasteiger partial charge in [-0.2, -0.15) is 0 Å². The van der Waals surface area contributed by atoms with E-state index in [0.29, 0.717) is 81.0 Å². The van der Waals surface area contributed by atoms with Crippen LogP contribution in [-0.2, 0) is 24.3 Å². The molecule has 0 radical (unpaired) electrons. The van der Waals surface area contributed by atoms with Gasteiger partial charge in [-0.1, -0.05) is 54.6 Å². The normalized spacial score (nSPS) is 10.7. The van der Waals surface area contributed by atoms with Crippen molar-refractivity contribution in [2.24, 2.45) is 11.5 Å². The summed E-state index contributed by atoms with van der Waals surface area (Å²) in [5, 5.41) is 10.9. The first-order valence-corrected chi connectivity index (χ1v) is 26.2. The van der Waals surface area contributed by atoms with E-state index in [9.17, 15) is 24.0 Å². The molecule has 0 saturated heterocycles. The predicted molar refractivity (Wildman–Crippen MR) is 313 cm³/mol. The number of nitrogen functional groups attached to an aromatic ring is 1. The minimum Gasteiger partial charge on any atom is -0.476 e. The first kappa shape index (κ1) is 55.0. The van der Waals surface area contributed by atoms with Crippen LogP contribution in [0.1, 0.15) is 53.5 Å². The lowest BCUT2D eigenvalue weighted by Gasteiger charge is -2.18. The Hall–Kier alpha value is -10.7. The van der Waals surface area contributed by atoms with Crippen molar-refractivity contribution in [2.45, 2.75) is 25.9 Å². The number of amides is 4. The van der Waals surface area contributed by atoms with E-state index in [4.69, 9.17) is 27.3 Å². The second-order valence-corrected chi connectivity index (χ2v) is 19.1. The summed E-state index contributed by atoms with van der Waals surface area (Å²) >= 11 is 1.31. The van der Waals surface area contributed by atoms with Gasteiger partial charge >= 0.3 is 5.97 Å². The maximum Gasteiger partial charge on any atom is 0.355 e. The molecule has 0 unspecified atom stereocenters. The fourth-order valence-corrected chi connectivity index (χ4v) is 9.69. The van der Waals surface area contributed by atoms with Crippen LogP contribution in [0.15, 0.2) is 194 Å². The van der Waals surface area contributed by atoms with E-state index < -0.39 is 17.8 Å². The van der Waals surface area contributed by atoms with Crippen molar-refractivity contribution in [1.82, 2.24) is 39.0 Å². The lowest BCUT2D eigenvalue weighted by atomic mass is 9.95. The largest absolute Gasteiger partial charge is 0.476 e. The topological polar surface area (TPSA) is 277 Å². The van der Waals surface area contributed by atoms with Crippen LogP contribution in [0.3, 0.4) is 0 Å². The number of pyridine rings is 3. The summed E-state index contributed by atoms with van der Waals surface area (Å²) in [5.41, 5.74) is 27.5. The predicted octanol–water partition coefficient (Wildman–Crippen LogP) is 9.45. The number of carbonyl (C=O) groups is 5. The number of rotatable bonds is 15. The minimum absolute atomic E-state index is 0.0850. The molecular weight excluding hydrogens is 1040 g/mol. The number of hydrogen-bond acceptors (Lipinski definition) is 13.